The first kappa shape index (κ1) is 57.6. The molecule has 4 aliphatic rings. The van der Waals surface area contributed by atoms with E-state index in [2.05, 4.69) is 31.1 Å². The summed E-state index contributed by atoms with van der Waals surface area (Å²) < 4.78 is 31.1. The number of aliphatic carboxylic acids is 1. The summed E-state index contributed by atoms with van der Waals surface area (Å²) in [6.45, 7) is 8.48. The highest BCUT2D eigenvalue weighted by Crippen LogP contribution is 2.33. The number of aryl methyl sites for hydroxylation is 2. The number of rotatable bonds is 29. The van der Waals surface area contributed by atoms with Gasteiger partial charge >= 0.3 is 18.0 Å². The number of hydrogen-bond acceptors (Lipinski definition) is 13. The second-order valence-electron chi connectivity index (χ2n) is 20.2. The van der Waals surface area contributed by atoms with Gasteiger partial charge in [-0.3, -0.25) is 24.0 Å². The molecule has 4 heterocycles. The monoisotopic (exact) mass is 1060 g/mol. The van der Waals surface area contributed by atoms with Crippen LogP contribution in [0.5, 0.6) is 0 Å². The molecule has 3 fully saturated rings. The molecule has 6 N–H and O–H groups in total. The van der Waals surface area contributed by atoms with Gasteiger partial charge in [0.2, 0.25) is 27.7 Å². The molecule has 6 rings (SSSR count). The van der Waals surface area contributed by atoms with E-state index in [9.17, 15) is 51.9 Å². The molecule has 0 bridgehead atoms. The second kappa shape index (κ2) is 27.2. The van der Waals surface area contributed by atoms with Crippen molar-refractivity contribution < 1.29 is 56.7 Å². The summed E-state index contributed by atoms with van der Waals surface area (Å²) in [5.41, 5.74) is 4.52. The molecule has 2 aromatic rings. The highest BCUT2D eigenvalue weighted by molar-refractivity contribution is 8.00. The number of nitrogens with one attached hydrogen (secondary N) is 5. The average Bonchev–Trinajstić information content (AvgIpc) is 4.08. The third-order valence-corrected chi connectivity index (χ3v) is 17.8. The van der Waals surface area contributed by atoms with Crippen LogP contribution in [-0.4, -0.2) is 126 Å². The summed E-state index contributed by atoms with van der Waals surface area (Å²) in [6, 6.07) is 6.38. The molecular weight excluding hydrogens is 991 g/mol. The van der Waals surface area contributed by atoms with Crippen molar-refractivity contribution in [2.75, 3.05) is 25.4 Å². The van der Waals surface area contributed by atoms with Crippen molar-refractivity contribution in [3.05, 3.63) is 63.7 Å². The lowest BCUT2D eigenvalue weighted by Crippen LogP contribution is -2.46. The third kappa shape index (κ3) is 16.4. The van der Waals surface area contributed by atoms with Crippen molar-refractivity contribution in [2.24, 2.45) is 11.1 Å². The number of piperidine rings is 1. The van der Waals surface area contributed by atoms with Gasteiger partial charge in [-0.15, -0.1) is 0 Å². The first-order valence-electron chi connectivity index (χ1n) is 26.1. The van der Waals surface area contributed by atoms with E-state index in [0.29, 0.717) is 66.5 Å². The van der Waals surface area contributed by atoms with Crippen molar-refractivity contribution in [2.45, 2.75) is 178 Å². The quantitative estimate of drug-likeness (QED) is 0.0350. The Morgan fingerprint density at radius 1 is 0.838 bits per heavy atom. The van der Waals surface area contributed by atoms with Crippen LogP contribution >= 0.6 is 11.8 Å². The minimum Gasteiger partial charge on any atom is -0.480 e. The number of fused-ring (bicyclic) bond motifs is 1. The molecule has 21 heteroatoms. The highest BCUT2D eigenvalue weighted by atomic mass is 32.2. The molecular formula is C53H73N7O12S2. The van der Waals surface area contributed by atoms with Crippen molar-refractivity contribution in [3.8, 4) is 0 Å². The third-order valence-electron chi connectivity index (χ3n) is 14.5. The molecule has 0 saturated carbocycles. The van der Waals surface area contributed by atoms with Crippen molar-refractivity contribution in [1.82, 2.24) is 30.9 Å². The van der Waals surface area contributed by atoms with Crippen LogP contribution in [0.25, 0.3) is 0 Å². The Hall–Kier alpha value is -5.67. The average molecular weight is 1060 g/mol. The number of unbranched alkanes of at least 4 members (excludes halogenated alkanes) is 3. The number of likely N-dealkylation sites (tertiary alicyclic amines) is 1. The fraction of sp³-hybridized carbons (Fsp3) is 0.604. The van der Waals surface area contributed by atoms with E-state index in [0.717, 1.165) is 61.0 Å². The molecule has 0 aliphatic carbocycles. The Morgan fingerprint density at radius 2 is 1.54 bits per heavy atom. The molecule has 0 unspecified atom stereocenters. The zero-order valence-electron chi connectivity index (χ0n) is 43.1. The van der Waals surface area contributed by atoms with Gasteiger partial charge in [-0.25, -0.2) is 27.5 Å². The summed E-state index contributed by atoms with van der Waals surface area (Å²) in [6.07, 6.45) is 6.20. The fourth-order valence-electron chi connectivity index (χ4n) is 10.3. The second-order valence-corrected chi connectivity index (χ2v) is 23.1. The first-order chi connectivity index (χ1) is 35.3. The summed E-state index contributed by atoms with van der Waals surface area (Å²) in [5, 5.41) is 25.3. The number of nitrogens with zero attached hydrogens (tertiary/aromatic N) is 2. The van der Waals surface area contributed by atoms with E-state index in [-0.39, 0.29) is 86.2 Å². The van der Waals surface area contributed by atoms with Gasteiger partial charge in [0.05, 0.1) is 35.2 Å². The van der Waals surface area contributed by atoms with E-state index in [1.54, 1.807) is 49.1 Å². The fourth-order valence-corrected chi connectivity index (χ4v) is 13.5. The molecule has 404 valence electrons. The lowest BCUT2D eigenvalue weighted by Gasteiger charge is -2.31. The summed E-state index contributed by atoms with van der Waals surface area (Å²) in [4.78, 5) is 109. The SMILES string of the molecule is Cc1cc(C)c(S(=O)(=O)N[C@@H](CC(=O)CCCCC(=O)N[C@@H](CCCCNC(=O)CCCC[C@@H]2SC[C@@H]3NC(=O)N[C@@H]32)C(=O)O)C(=O)C[C@H](Cc2ccc(C3=NOC(=O)C3)cc2)C(=O)N2CCCCC2)c(C)c1C. The van der Waals surface area contributed by atoms with Gasteiger partial charge in [-0.2, -0.15) is 11.8 Å². The number of thioether (sulfide) groups is 1. The Labute approximate surface area is 438 Å². The topological polar surface area (TPSA) is 276 Å². The number of carboxylic acid groups (broad SMARTS) is 1. The number of amides is 5. The van der Waals surface area contributed by atoms with Crippen LogP contribution in [0.15, 0.2) is 40.4 Å². The molecule has 6 atom stereocenters. The molecule has 0 radical (unpaired) electrons. The number of sulfonamides is 1. The van der Waals surface area contributed by atoms with Crippen LogP contribution in [0, 0.1) is 33.6 Å². The summed E-state index contributed by atoms with van der Waals surface area (Å²) >= 11 is 1.84. The Balaban J connectivity index is 0.997. The van der Waals surface area contributed by atoms with Gasteiger partial charge in [0.25, 0.3) is 0 Å². The number of oxime groups is 1. The van der Waals surface area contributed by atoms with Gasteiger partial charge in [0.15, 0.2) is 5.78 Å². The molecule has 2 aromatic carbocycles. The number of carbonyl (C=O) groups is 8. The molecule has 4 aliphatic heterocycles. The van der Waals surface area contributed by atoms with E-state index < -0.39 is 63.9 Å². The molecule has 19 nitrogen and oxygen atoms in total. The van der Waals surface area contributed by atoms with Crippen LogP contribution in [0.4, 0.5) is 4.79 Å². The first-order valence-corrected chi connectivity index (χ1v) is 28.6. The minimum atomic E-state index is -4.38. The van der Waals surface area contributed by atoms with Gasteiger partial charge in [0, 0.05) is 68.7 Å². The van der Waals surface area contributed by atoms with E-state index in [4.69, 9.17) is 4.84 Å². The van der Waals surface area contributed by atoms with Crippen LogP contribution < -0.4 is 26.0 Å². The zero-order valence-corrected chi connectivity index (χ0v) is 44.7. The summed E-state index contributed by atoms with van der Waals surface area (Å²) in [5.74, 6) is -3.52. The van der Waals surface area contributed by atoms with Crippen molar-refractivity contribution in [1.29, 1.82) is 0 Å². The Morgan fingerprint density at radius 3 is 2.24 bits per heavy atom. The number of urea groups is 1. The van der Waals surface area contributed by atoms with E-state index >= 15 is 0 Å². The van der Waals surface area contributed by atoms with Crippen LogP contribution in [-0.2, 0) is 54.8 Å². The zero-order chi connectivity index (χ0) is 53.5. The van der Waals surface area contributed by atoms with Gasteiger partial charge in [-0.1, -0.05) is 41.9 Å². The van der Waals surface area contributed by atoms with Crippen LogP contribution in [0.1, 0.15) is 143 Å². The number of benzene rings is 2. The summed E-state index contributed by atoms with van der Waals surface area (Å²) in [7, 11) is -4.38. The molecule has 5 amide bonds. The van der Waals surface area contributed by atoms with Crippen molar-refractivity contribution in [3.63, 3.8) is 0 Å². The number of hydrogen-bond donors (Lipinski definition) is 6. The number of carbonyl (C=O) groups excluding carboxylic acids is 7. The predicted molar refractivity (Wildman–Crippen MR) is 279 cm³/mol. The maximum absolute atomic E-state index is 14.5. The highest BCUT2D eigenvalue weighted by Gasteiger charge is 2.42. The maximum Gasteiger partial charge on any atom is 0.341 e. The van der Waals surface area contributed by atoms with E-state index in [1.165, 1.54) is 0 Å². The predicted octanol–water partition coefficient (Wildman–Crippen LogP) is 5.15. The molecule has 0 aromatic heterocycles. The smallest absolute Gasteiger partial charge is 0.341 e. The number of Topliss-reactive ketones (excluding diaryl/α,β-unsaturated/α-hetero) is 2. The number of ketones is 2. The Bertz CT molecular complexity index is 2550. The Kier molecular flexibility index (Phi) is 21.2. The van der Waals surface area contributed by atoms with E-state index in [1.807, 2.05) is 25.6 Å². The minimum absolute atomic E-state index is 0.0125. The lowest BCUT2D eigenvalue weighted by molar-refractivity contribution is -0.142. The van der Waals surface area contributed by atoms with Gasteiger partial charge < -0.3 is 36.1 Å². The van der Waals surface area contributed by atoms with Crippen LogP contribution in [0.3, 0.4) is 0 Å². The number of carboxylic acids is 1. The largest absolute Gasteiger partial charge is 0.480 e. The molecule has 74 heavy (non-hydrogen) atoms. The molecule has 3 saturated heterocycles. The standard InChI is InChI=1S/C53H73N7O12S2/c1-32-26-33(2)50(35(4)34(32)3)74(70,71)59-42(44(62)28-38(51(66)60-24-12-5-13-25-60)27-36-19-21-37(22-20-36)41-30-48(65)72-58-41)29-39(61)14-6-8-18-47(64)55-40(52(67)68)15-10-11-23-54-46(63)17-9-7-16-45-49-43(31-73-45)56-53(69)57-49/h19-22,26,38,40,42-43,45,49,59H,5-18,23-25,27-31H2,1-4H3,(H,54,63)(H,55,64)(H,67,68)(H2,56,57,69)/t38-,40-,42-,43-,45-,49-/m0/s1. The van der Waals surface area contributed by atoms with Crippen LogP contribution in [0.2, 0.25) is 0 Å². The molecule has 0 spiro atoms. The van der Waals surface area contributed by atoms with Crippen molar-refractivity contribution >= 4 is 74.8 Å². The van der Waals surface area contributed by atoms with Gasteiger partial charge in [0.1, 0.15) is 11.8 Å². The van der Waals surface area contributed by atoms with Gasteiger partial charge in [-0.05, 0) is 132 Å². The lowest BCUT2D eigenvalue weighted by atomic mass is 9.88. The normalized spacial score (nSPS) is 19.6. The maximum atomic E-state index is 14.5.